The number of esters is 1. The second kappa shape index (κ2) is 11.3. The standard InChI is InChI=1S/C23H28O4/c1-3-5-12-17-27-23(25)22(26-4-2)21(24)20(18-13-8-6-9-14-18)19-15-10-7-11-16-19/h6-11,13-16,20,22H,3-5,12,17H2,1-2H3. The second-order valence-electron chi connectivity index (χ2n) is 6.37. The van der Waals surface area contributed by atoms with Crippen LogP contribution in [0.4, 0.5) is 0 Å². The van der Waals surface area contributed by atoms with Gasteiger partial charge in [-0.2, -0.15) is 0 Å². The number of carbonyl (C=O) groups is 2. The first-order chi connectivity index (χ1) is 13.2. The number of ether oxygens (including phenoxy) is 2. The Balaban J connectivity index is 2.26. The Morgan fingerprint density at radius 2 is 1.41 bits per heavy atom. The summed E-state index contributed by atoms with van der Waals surface area (Å²) < 4.78 is 10.8. The lowest BCUT2D eigenvalue weighted by Gasteiger charge is -2.22. The highest BCUT2D eigenvalue weighted by atomic mass is 16.6. The van der Waals surface area contributed by atoms with Gasteiger partial charge >= 0.3 is 5.97 Å². The molecule has 2 rings (SSSR count). The van der Waals surface area contributed by atoms with E-state index in [1.165, 1.54) is 0 Å². The number of carbonyl (C=O) groups excluding carboxylic acids is 2. The summed E-state index contributed by atoms with van der Waals surface area (Å²) in [5.74, 6) is -1.48. The maximum Gasteiger partial charge on any atom is 0.343 e. The Hall–Kier alpha value is -2.46. The highest BCUT2D eigenvalue weighted by Crippen LogP contribution is 2.27. The van der Waals surface area contributed by atoms with E-state index in [0.717, 1.165) is 30.4 Å². The van der Waals surface area contributed by atoms with Crippen LogP contribution in [0.5, 0.6) is 0 Å². The van der Waals surface area contributed by atoms with Gasteiger partial charge in [0.25, 0.3) is 0 Å². The third-order valence-corrected chi connectivity index (χ3v) is 4.35. The van der Waals surface area contributed by atoms with Crippen molar-refractivity contribution in [2.75, 3.05) is 13.2 Å². The van der Waals surface area contributed by atoms with Crippen LogP contribution in [0.25, 0.3) is 0 Å². The average Bonchev–Trinajstić information content (AvgIpc) is 2.71. The monoisotopic (exact) mass is 368 g/mol. The van der Waals surface area contributed by atoms with Crippen LogP contribution in [-0.4, -0.2) is 31.1 Å². The summed E-state index contributed by atoms with van der Waals surface area (Å²) in [4.78, 5) is 25.9. The van der Waals surface area contributed by atoms with E-state index in [1.54, 1.807) is 6.92 Å². The summed E-state index contributed by atoms with van der Waals surface area (Å²) in [5.41, 5.74) is 1.66. The molecule has 2 aromatic carbocycles. The van der Waals surface area contributed by atoms with Crippen LogP contribution in [0.3, 0.4) is 0 Å². The van der Waals surface area contributed by atoms with Crippen molar-refractivity contribution in [2.24, 2.45) is 0 Å². The Kier molecular flexibility index (Phi) is 8.72. The van der Waals surface area contributed by atoms with E-state index < -0.39 is 18.0 Å². The average molecular weight is 368 g/mol. The molecular weight excluding hydrogens is 340 g/mol. The lowest BCUT2D eigenvalue weighted by Crippen LogP contribution is -2.38. The van der Waals surface area contributed by atoms with E-state index in [0.29, 0.717) is 6.61 Å². The van der Waals surface area contributed by atoms with Crippen molar-refractivity contribution < 1.29 is 19.1 Å². The van der Waals surface area contributed by atoms with Crippen molar-refractivity contribution in [3.63, 3.8) is 0 Å². The van der Waals surface area contributed by atoms with E-state index in [1.807, 2.05) is 60.7 Å². The molecule has 0 aromatic heterocycles. The molecule has 1 atom stereocenters. The van der Waals surface area contributed by atoms with Gasteiger partial charge in [0, 0.05) is 6.61 Å². The molecule has 0 N–H and O–H groups in total. The summed E-state index contributed by atoms with van der Waals surface area (Å²) in [6.07, 6.45) is 1.59. The first-order valence-electron chi connectivity index (χ1n) is 9.60. The molecule has 0 radical (unpaired) electrons. The van der Waals surface area contributed by atoms with Gasteiger partial charge in [0.05, 0.1) is 12.5 Å². The van der Waals surface area contributed by atoms with E-state index in [9.17, 15) is 9.59 Å². The predicted octanol–water partition coefficient (Wildman–Crippen LogP) is 4.53. The molecule has 0 fully saturated rings. The largest absolute Gasteiger partial charge is 0.463 e. The molecule has 4 heteroatoms. The first-order valence-corrected chi connectivity index (χ1v) is 9.60. The van der Waals surface area contributed by atoms with Crippen molar-refractivity contribution in [2.45, 2.75) is 45.1 Å². The number of Topliss-reactive ketones (excluding diaryl/α,β-unsaturated/α-hetero) is 1. The summed E-state index contributed by atoms with van der Waals surface area (Å²) in [6, 6.07) is 18.9. The van der Waals surface area contributed by atoms with E-state index >= 15 is 0 Å². The molecule has 2 aromatic rings. The Bertz CT molecular complexity index is 657. The fraction of sp³-hybridized carbons (Fsp3) is 0.391. The van der Waals surface area contributed by atoms with Crippen LogP contribution in [-0.2, 0) is 19.1 Å². The molecule has 0 saturated heterocycles. The molecule has 0 amide bonds. The van der Waals surface area contributed by atoms with Crippen LogP contribution in [0, 0.1) is 0 Å². The van der Waals surface area contributed by atoms with Gasteiger partial charge in [-0.05, 0) is 24.5 Å². The molecule has 144 valence electrons. The van der Waals surface area contributed by atoms with Crippen molar-refractivity contribution >= 4 is 11.8 Å². The van der Waals surface area contributed by atoms with Crippen molar-refractivity contribution in [1.82, 2.24) is 0 Å². The molecule has 0 aliphatic heterocycles. The van der Waals surface area contributed by atoms with Gasteiger partial charge in [0.15, 0.2) is 5.78 Å². The molecule has 0 heterocycles. The lowest BCUT2D eigenvalue weighted by atomic mass is 9.85. The molecule has 0 bridgehead atoms. The molecule has 0 saturated carbocycles. The maximum atomic E-state index is 13.3. The minimum atomic E-state index is -1.22. The third kappa shape index (κ3) is 6.04. The fourth-order valence-electron chi connectivity index (χ4n) is 3.00. The smallest absolute Gasteiger partial charge is 0.343 e. The molecule has 0 aliphatic carbocycles. The summed E-state index contributed by atoms with van der Waals surface area (Å²) in [6.45, 7) is 4.42. The molecule has 27 heavy (non-hydrogen) atoms. The van der Waals surface area contributed by atoms with Gasteiger partial charge in [-0.1, -0.05) is 80.4 Å². The predicted molar refractivity (Wildman–Crippen MR) is 106 cm³/mol. The normalized spacial score (nSPS) is 12.0. The van der Waals surface area contributed by atoms with Crippen LogP contribution in [0.1, 0.15) is 50.2 Å². The number of hydrogen-bond donors (Lipinski definition) is 0. The Labute approximate surface area is 161 Å². The minimum Gasteiger partial charge on any atom is -0.463 e. The van der Waals surface area contributed by atoms with Gasteiger partial charge in [0.2, 0.25) is 6.10 Å². The highest BCUT2D eigenvalue weighted by molar-refractivity contribution is 6.06. The molecular formula is C23H28O4. The summed E-state index contributed by atoms with van der Waals surface area (Å²) in [5, 5.41) is 0. The van der Waals surface area contributed by atoms with Gasteiger partial charge < -0.3 is 9.47 Å². The van der Waals surface area contributed by atoms with Crippen LogP contribution in [0.2, 0.25) is 0 Å². The van der Waals surface area contributed by atoms with Crippen LogP contribution >= 0.6 is 0 Å². The first kappa shape index (κ1) is 20.8. The van der Waals surface area contributed by atoms with Crippen LogP contribution in [0.15, 0.2) is 60.7 Å². The Morgan fingerprint density at radius 3 is 1.89 bits per heavy atom. The van der Waals surface area contributed by atoms with Gasteiger partial charge in [-0.25, -0.2) is 4.79 Å². The van der Waals surface area contributed by atoms with Crippen LogP contribution < -0.4 is 0 Å². The van der Waals surface area contributed by atoms with E-state index in [-0.39, 0.29) is 12.4 Å². The maximum absolute atomic E-state index is 13.3. The summed E-state index contributed by atoms with van der Waals surface area (Å²) >= 11 is 0. The number of unbranched alkanes of at least 4 members (excludes halogenated alkanes) is 2. The number of ketones is 1. The van der Waals surface area contributed by atoms with Gasteiger partial charge in [-0.3, -0.25) is 4.79 Å². The minimum absolute atomic E-state index is 0.261. The number of hydrogen-bond acceptors (Lipinski definition) is 4. The van der Waals surface area contributed by atoms with Gasteiger partial charge in [0.1, 0.15) is 0 Å². The second-order valence-corrected chi connectivity index (χ2v) is 6.37. The topological polar surface area (TPSA) is 52.6 Å². The number of rotatable bonds is 11. The lowest BCUT2D eigenvalue weighted by molar-refractivity contribution is -0.161. The quantitative estimate of drug-likeness (QED) is 0.332. The van der Waals surface area contributed by atoms with Gasteiger partial charge in [-0.15, -0.1) is 0 Å². The van der Waals surface area contributed by atoms with Crippen molar-refractivity contribution in [1.29, 1.82) is 0 Å². The highest BCUT2D eigenvalue weighted by Gasteiger charge is 2.35. The zero-order valence-corrected chi connectivity index (χ0v) is 16.1. The van der Waals surface area contributed by atoms with E-state index in [2.05, 4.69) is 6.92 Å². The third-order valence-electron chi connectivity index (χ3n) is 4.35. The molecule has 0 aliphatic rings. The fourth-order valence-corrected chi connectivity index (χ4v) is 3.00. The van der Waals surface area contributed by atoms with Crippen molar-refractivity contribution in [3.05, 3.63) is 71.8 Å². The summed E-state index contributed by atoms with van der Waals surface area (Å²) in [7, 11) is 0. The zero-order chi connectivity index (χ0) is 19.5. The molecule has 0 spiro atoms. The molecule has 1 unspecified atom stereocenters. The zero-order valence-electron chi connectivity index (χ0n) is 16.1. The Morgan fingerprint density at radius 1 is 0.852 bits per heavy atom. The van der Waals surface area contributed by atoms with Crippen molar-refractivity contribution in [3.8, 4) is 0 Å². The molecule has 4 nitrogen and oxygen atoms in total. The SMILES string of the molecule is CCCCCOC(=O)C(OCC)C(=O)C(c1ccccc1)c1ccccc1. The number of benzene rings is 2. The van der Waals surface area contributed by atoms with E-state index in [4.69, 9.17) is 9.47 Å².